The zero-order chi connectivity index (χ0) is 14.1. The molecule has 0 N–H and O–H groups in total. The summed E-state index contributed by atoms with van der Waals surface area (Å²) in [5, 5.41) is 4.61. The monoisotopic (exact) mass is 294 g/mol. The highest BCUT2D eigenvalue weighted by Gasteiger charge is 2.22. The fourth-order valence-corrected chi connectivity index (χ4v) is 3.61. The van der Waals surface area contributed by atoms with Crippen molar-refractivity contribution in [1.82, 2.24) is 19.3 Å². The third-order valence-electron chi connectivity index (χ3n) is 4.44. The van der Waals surface area contributed by atoms with Gasteiger partial charge in [-0.05, 0) is 25.2 Å². The second-order valence-corrected chi connectivity index (χ2v) is 6.20. The first-order valence-electron chi connectivity index (χ1n) is 7.71. The van der Waals surface area contributed by atoms with E-state index in [1.165, 1.54) is 31.3 Å². The third-order valence-corrected chi connectivity index (χ3v) is 4.63. The minimum absolute atomic E-state index is 0.628. The Morgan fingerprint density at radius 3 is 2.70 bits per heavy atom. The van der Waals surface area contributed by atoms with Gasteiger partial charge in [-0.2, -0.15) is 5.10 Å². The first-order chi connectivity index (χ1) is 9.74. The summed E-state index contributed by atoms with van der Waals surface area (Å²) in [4.78, 5) is 4.83. The van der Waals surface area contributed by atoms with Gasteiger partial charge < -0.3 is 4.57 Å². The SMILES string of the molecule is CCc1nn(C)c2c1nc(CCCl)n2CC1CCCC1. The maximum Gasteiger partial charge on any atom is 0.158 e. The Morgan fingerprint density at radius 1 is 1.30 bits per heavy atom. The van der Waals surface area contributed by atoms with Crippen LogP contribution in [0.4, 0.5) is 0 Å². The van der Waals surface area contributed by atoms with Crippen LogP contribution >= 0.6 is 11.6 Å². The molecule has 5 heteroatoms. The second kappa shape index (κ2) is 5.76. The standard InChI is InChI=1S/C15H23ClN4/c1-3-12-14-15(19(2)18-12)20(13(17-14)8-9-16)10-11-6-4-5-7-11/h11H,3-10H2,1-2H3. The summed E-state index contributed by atoms with van der Waals surface area (Å²) >= 11 is 5.96. The van der Waals surface area contributed by atoms with E-state index in [0.29, 0.717) is 5.88 Å². The molecule has 2 aromatic heterocycles. The molecule has 0 atom stereocenters. The van der Waals surface area contributed by atoms with Crippen LogP contribution in [0.3, 0.4) is 0 Å². The fraction of sp³-hybridized carbons (Fsp3) is 0.733. The Hall–Kier alpha value is -1.03. The summed E-state index contributed by atoms with van der Waals surface area (Å²) in [5.41, 5.74) is 3.35. The Kier molecular flexibility index (Phi) is 4.01. The molecule has 1 saturated carbocycles. The van der Waals surface area contributed by atoms with Crippen LogP contribution in [0.5, 0.6) is 0 Å². The molecular formula is C15H23ClN4. The molecule has 0 aromatic carbocycles. The van der Waals surface area contributed by atoms with Crippen molar-refractivity contribution in [2.45, 2.75) is 52.0 Å². The maximum absolute atomic E-state index is 5.96. The van der Waals surface area contributed by atoms with Crippen LogP contribution in [0.2, 0.25) is 0 Å². The first-order valence-corrected chi connectivity index (χ1v) is 8.25. The molecule has 0 radical (unpaired) electrons. The highest BCUT2D eigenvalue weighted by Crippen LogP contribution is 2.29. The van der Waals surface area contributed by atoms with E-state index in [4.69, 9.17) is 16.6 Å². The van der Waals surface area contributed by atoms with Gasteiger partial charge in [-0.3, -0.25) is 4.68 Å². The van der Waals surface area contributed by atoms with Gasteiger partial charge in [0.05, 0.1) is 5.69 Å². The Bertz CT molecular complexity index is 593. The van der Waals surface area contributed by atoms with Crippen molar-refractivity contribution in [2.75, 3.05) is 5.88 Å². The number of aryl methyl sites for hydroxylation is 3. The molecule has 0 spiro atoms. The minimum atomic E-state index is 0.628. The molecule has 4 nitrogen and oxygen atoms in total. The summed E-state index contributed by atoms with van der Waals surface area (Å²) < 4.78 is 4.37. The third kappa shape index (κ3) is 2.34. The van der Waals surface area contributed by atoms with Crippen LogP contribution in [0, 0.1) is 5.92 Å². The van der Waals surface area contributed by atoms with Crippen molar-refractivity contribution in [3.8, 4) is 0 Å². The van der Waals surface area contributed by atoms with Crippen molar-refractivity contribution < 1.29 is 0 Å². The summed E-state index contributed by atoms with van der Waals surface area (Å²) in [6.07, 6.45) is 7.21. The fourth-order valence-electron chi connectivity index (χ4n) is 3.44. The van der Waals surface area contributed by atoms with Crippen molar-refractivity contribution in [3.63, 3.8) is 0 Å². The number of aromatic nitrogens is 4. The van der Waals surface area contributed by atoms with E-state index in [1.807, 2.05) is 11.7 Å². The Labute approximate surface area is 125 Å². The largest absolute Gasteiger partial charge is 0.313 e. The number of imidazole rings is 1. The number of fused-ring (bicyclic) bond motifs is 1. The molecule has 0 saturated heterocycles. The highest BCUT2D eigenvalue weighted by molar-refractivity contribution is 6.17. The number of rotatable bonds is 5. The lowest BCUT2D eigenvalue weighted by Gasteiger charge is -2.14. The number of hydrogen-bond acceptors (Lipinski definition) is 2. The number of halogens is 1. The minimum Gasteiger partial charge on any atom is -0.313 e. The van der Waals surface area contributed by atoms with Gasteiger partial charge in [-0.15, -0.1) is 11.6 Å². The molecule has 0 bridgehead atoms. The van der Waals surface area contributed by atoms with Crippen LogP contribution in [-0.2, 0) is 26.4 Å². The average molecular weight is 295 g/mol. The molecule has 0 amide bonds. The predicted molar refractivity (Wildman–Crippen MR) is 82.3 cm³/mol. The van der Waals surface area contributed by atoms with Gasteiger partial charge in [-0.1, -0.05) is 19.8 Å². The highest BCUT2D eigenvalue weighted by atomic mass is 35.5. The molecule has 2 aromatic rings. The molecule has 1 aliphatic carbocycles. The second-order valence-electron chi connectivity index (χ2n) is 5.82. The topological polar surface area (TPSA) is 35.6 Å². The first kappa shape index (κ1) is 13.9. The number of hydrogen-bond donors (Lipinski definition) is 0. The van der Waals surface area contributed by atoms with E-state index < -0.39 is 0 Å². The lowest BCUT2D eigenvalue weighted by atomic mass is 10.1. The molecule has 110 valence electrons. The molecule has 0 aliphatic heterocycles. The zero-order valence-electron chi connectivity index (χ0n) is 12.4. The van der Waals surface area contributed by atoms with Gasteiger partial charge in [-0.25, -0.2) is 4.98 Å². The maximum atomic E-state index is 5.96. The summed E-state index contributed by atoms with van der Waals surface area (Å²) in [5.74, 6) is 2.55. The smallest absolute Gasteiger partial charge is 0.158 e. The molecule has 1 aliphatic rings. The van der Waals surface area contributed by atoms with Crippen LogP contribution in [-0.4, -0.2) is 25.2 Å². The molecule has 20 heavy (non-hydrogen) atoms. The molecule has 0 unspecified atom stereocenters. The molecule has 2 heterocycles. The summed E-state index contributed by atoms with van der Waals surface area (Å²) in [6, 6.07) is 0. The van der Waals surface area contributed by atoms with Crippen molar-refractivity contribution >= 4 is 22.8 Å². The van der Waals surface area contributed by atoms with E-state index in [2.05, 4.69) is 16.6 Å². The van der Waals surface area contributed by atoms with Gasteiger partial charge in [0.15, 0.2) is 5.65 Å². The van der Waals surface area contributed by atoms with E-state index in [9.17, 15) is 0 Å². The van der Waals surface area contributed by atoms with Crippen LogP contribution in [0.15, 0.2) is 0 Å². The molecular weight excluding hydrogens is 272 g/mol. The van der Waals surface area contributed by atoms with Gasteiger partial charge in [0.25, 0.3) is 0 Å². The average Bonchev–Trinajstić information content (AvgIpc) is 3.11. The molecule has 1 fully saturated rings. The van der Waals surface area contributed by atoms with Crippen molar-refractivity contribution in [3.05, 3.63) is 11.5 Å². The summed E-state index contributed by atoms with van der Waals surface area (Å²) in [7, 11) is 2.03. The van der Waals surface area contributed by atoms with E-state index >= 15 is 0 Å². The number of nitrogens with zero attached hydrogens (tertiary/aromatic N) is 4. The van der Waals surface area contributed by atoms with Crippen molar-refractivity contribution in [2.24, 2.45) is 13.0 Å². The van der Waals surface area contributed by atoms with Gasteiger partial charge in [0.1, 0.15) is 11.3 Å². The Balaban J connectivity index is 2.05. The lowest BCUT2D eigenvalue weighted by Crippen LogP contribution is -2.13. The van der Waals surface area contributed by atoms with Crippen LogP contribution < -0.4 is 0 Å². The van der Waals surface area contributed by atoms with Crippen LogP contribution in [0.1, 0.15) is 44.1 Å². The number of alkyl halides is 1. The summed E-state index contributed by atoms with van der Waals surface area (Å²) in [6.45, 7) is 3.21. The lowest BCUT2D eigenvalue weighted by molar-refractivity contribution is 0.450. The zero-order valence-corrected chi connectivity index (χ0v) is 13.2. The van der Waals surface area contributed by atoms with Gasteiger partial charge in [0.2, 0.25) is 0 Å². The van der Waals surface area contributed by atoms with Crippen LogP contribution in [0.25, 0.3) is 11.2 Å². The molecule has 3 rings (SSSR count). The van der Waals surface area contributed by atoms with Gasteiger partial charge >= 0.3 is 0 Å². The van der Waals surface area contributed by atoms with E-state index in [-0.39, 0.29) is 0 Å². The Morgan fingerprint density at radius 2 is 2.05 bits per heavy atom. The predicted octanol–water partition coefficient (Wildman–Crippen LogP) is 3.30. The van der Waals surface area contributed by atoms with E-state index in [0.717, 1.165) is 42.3 Å². The van der Waals surface area contributed by atoms with Crippen molar-refractivity contribution in [1.29, 1.82) is 0 Å². The quantitative estimate of drug-likeness (QED) is 0.793. The van der Waals surface area contributed by atoms with Gasteiger partial charge in [0, 0.05) is 25.9 Å². The van der Waals surface area contributed by atoms with E-state index in [1.54, 1.807) is 0 Å². The normalized spacial score (nSPS) is 16.6.